The molecule has 92 valence electrons. The van der Waals surface area contributed by atoms with Gasteiger partial charge in [0.1, 0.15) is 0 Å². The van der Waals surface area contributed by atoms with Gasteiger partial charge in [-0.05, 0) is 12.1 Å². The van der Waals surface area contributed by atoms with Crippen molar-refractivity contribution in [3.05, 3.63) is 30.0 Å². The van der Waals surface area contributed by atoms with Crippen LogP contribution in [0.25, 0.3) is 0 Å². The second-order valence-electron chi connectivity index (χ2n) is 2.72. The Kier molecular flexibility index (Phi) is 5.68. The van der Waals surface area contributed by atoms with Crippen LogP contribution in [0.1, 0.15) is 0 Å². The predicted molar refractivity (Wildman–Crippen MR) is 68.7 cm³/mol. The van der Waals surface area contributed by atoms with Crippen molar-refractivity contribution in [3.63, 3.8) is 0 Å². The predicted octanol–water partition coefficient (Wildman–Crippen LogP) is 1.09. The number of halogens is 3. The highest BCUT2D eigenvalue weighted by Gasteiger charge is 2.21. The molecule has 2 aromatic rings. The van der Waals surface area contributed by atoms with Crippen molar-refractivity contribution >= 4 is 45.9 Å². The maximum atomic E-state index is 5.51. The van der Waals surface area contributed by atoms with E-state index in [1.807, 2.05) is 12.1 Å². The number of thiophene rings is 2. The van der Waals surface area contributed by atoms with Gasteiger partial charge in [0, 0.05) is 12.1 Å². The van der Waals surface area contributed by atoms with Gasteiger partial charge in [-0.1, -0.05) is 45.9 Å². The first-order valence-electron chi connectivity index (χ1n) is 4.54. The second kappa shape index (κ2) is 7.04. The summed E-state index contributed by atoms with van der Waals surface area (Å²) < 4.78 is 13.2. The van der Waals surface area contributed by atoms with Gasteiger partial charge in [-0.2, -0.15) is 0 Å². The van der Waals surface area contributed by atoms with E-state index in [-0.39, 0.29) is 33.3 Å². The van der Waals surface area contributed by atoms with Gasteiger partial charge in [-0.15, -0.1) is 0 Å². The molecule has 0 N–H and O–H groups in total. The van der Waals surface area contributed by atoms with Crippen LogP contribution in [-0.4, -0.2) is 12.1 Å². The Morgan fingerprint density at radius 3 is 1.76 bits per heavy atom. The molecule has 0 fully saturated rings. The lowest BCUT2D eigenvalue weighted by Gasteiger charge is -1.92. The third-order valence-corrected chi connectivity index (χ3v) is 7.61. The molecule has 0 radical (unpaired) electrons. The average Bonchev–Trinajstić information content (AvgIpc) is 2.91. The molecular weight excluding hydrogens is 414 g/mol. The lowest BCUT2D eigenvalue weighted by atomic mass is 10.7. The van der Waals surface area contributed by atoms with Crippen molar-refractivity contribution in [1.82, 2.24) is 0 Å². The van der Waals surface area contributed by atoms with Crippen molar-refractivity contribution in [2.75, 3.05) is 12.1 Å². The fourth-order valence-electron chi connectivity index (χ4n) is 1.05. The molecule has 2 nitrogen and oxygen atoms in total. The number of alkyl halides is 2. The fourth-order valence-corrected chi connectivity index (χ4v) is 7.31. The Labute approximate surface area is 128 Å². The quantitative estimate of drug-likeness (QED) is 0.513. The molecule has 0 aliphatic carbocycles. The molecule has 17 heavy (non-hydrogen) atoms. The number of rotatable bonds is 6. The maximum absolute atomic E-state index is 5.51. The van der Waals surface area contributed by atoms with Crippen molar-refractivity contribution < 1.29 is 30.7 Å². The highest BCUT2D eigenvalue weighted by molar-refractivity contribution is 7.12. The summed E-state index contributed by atoms with van der Waals surface area (Å²) in [6.07, 6.45) is 0. The van der Waals surface area contributed by atoms with Crippen molar-refractivity contribution in [2.45, 2.75) is 0 Å². The Hall–Kier alpha value is 0.310. The van der Waals surface area contributed by atoms with Gasteiger partial charge in [0.05, 0.1) is 0 Å². The first-order chi connectivity index (χ1) is 8.31. The van der Waals surface area contributed by atoms with Gasteiger partial charge in [0.25, 0.3) is 5.77 Å². The molecule has 2 aromatic heterocycles. The fraction of sp³-hybridized carbons (Fsp3) is 0.200. The zero-order valence-corrected chi connectivity index (χ0v) is 13.8. The van der Waals surface area contributed by atoms with E-state index >= 15 is 0 Å². The lowest BCUT2D eigenvalue weighted by Crippen LogP contribution is -3.61. The molecule has 0 amide bonds. The highest BCUT2D eigenvalue weighted by Crippen LogP contribution is 2.20. The van der Waals surface area contributed by atoms with Crippen LogP contribution in [0.4, 0.5) is 0 Å². The van der Waals surface area contributed by atoms with E-state index in [0.717, 1.165) is 10.1 Å². The second-order valence-corrected chi connectivity index (χ2v) is 9.58. The Balaban J connectivity index is 1.98. The zero-order chi connectivity index (χ0) is 12.1. The van der Waals surface area contributed by atoms with Gasteiger partial charge in [0.2, 0.25) is 0 Å². The van der Waals surface area contributed by atoms with Crippen molar-refractivity contribution in [1.29, 1.82) is 0 Å². The van der Waals surface area contributed by atoms with Crippen molar-refractivity contribution in [3.8, 4) is 10.1 Å². The minimum absolute atomic E-state index is 0.162. The van der Waals surface area contributed by atoms with Crippen LogP contribution in [0.5, 0.6) is 10.1 Å². The van der Waals surface area contributed by atoms with Crippen molar-refractivity contribution in [2.24, 2.45) is 0 Å². The van der Waals surface area contributed by atoms with E-state index < -0.39 is 0 Å². The first kappa shape index (κ1) is 13.7. The molecule has 0 aromatic carbocycles. The van der Waals surface area contributed by atoms with Crippen LogP contribution in [0.15, 0.2) is 24.3 Å². The summed E-state index contributed by atoms with van der Waals surface area (Å²) in [6.45, 7) is 0. The molecule has 0 atom stereocenters. The minimum atomic E-state index is -0.162. The molecule has 0 saturated carbocycles. The normalized spacial score (nSPS) is 10.5. The van der Waals surface area contributed by atoms with E-state index in [4.69, 9.17) is 32.7 Å². The Morgan fingerprint density at radius 2 is 1.35 bits per heavy atom. The van der Waals surface area contributed by atoms with Gasteiger partial charge in [-0.25, -0.2) is 0 Å². The van der Waals surface area contributed by atoms with Gasteiger partial charge in [-0.3, -0.25) is 0 Å². The monoisotopic (exact) mass is 421 g/mol. The van der Waals surface area contributed by atoms with Crippen LogP contribution in [0.3, 0.4) is 0 Å². The van der Waals surface area contributed by atoms with Gasteiger partial charge in [0.15, 0.2) is 22.3 Å². The zero-order valence-electron chi connectivity index (χ0n) is 8.49. The van der Waals surface area contributed by atoms with Crippen LogP contribution in [-0.2, 0) is 0 Å². The summed E-state index contributed by atoms with van der Waals surface area (Å²) in [4.78, 5) is 0. The lowest BCUT2D eigenvalue weighted by molar-refractivity contribution is -0.585. The molecule has 2 rings (SSSR count). The highest BCUT2D eigenvalue weighted by atomic mass is 127. The summed E-state index contributed by atoms with van der Waals surface area (Å²) in [5, 5.41) is 1.76. The Bertz CT molecular complexity index is 430. The molecular formula is C10H8Cl2IO2S2+. The molecule has 0 aliphatic rings. The molecule has 0 bridgehead atoms. The summed E-state index contributed by atoms with van der Waals surface area (Å²) in [6, 6.07) is 8.52. The number of ether oxygens (including phenoxy) is 2. The molecule has 0 aliphatic heterocycles. The molecule has 2 heterocycles. The van der Waals surface area contributed by atoms with E-state index in [9.17, 15) is 0 Å². The van der Waals surface area contributed by atoms with E-state index in [2.05, 4.69) is 12.1 Å². The van der Waals surface area contributed by atoms with Crippen LogP contribution >= 0.6 is 45.9 Å². The third kappa shape index (κ3) is 4.17. The van der Waals surface area contributed by atoms with Crippen LogP contribution in [0.2, 0.25) is 0 Å². The summed E-state index contributed by atoms with van der Waals surface area (Å²) >= 11 is 14.2. The largest absolute Gasteiger partial charge is 0.468 e. The third-order valence-electron chi connectivity index (χ3n) is 1.68. The van der Waals surface area contributed by atoms with E-state index in [1.165, 1.54) is 5.77 Å². The van der Waals surface area contributed by atoms with Crippen LogP contribution < -0.4 is 30.7 Å². The summed E-state index contributed by atoms with van der Waals surface area (Å²) in [7, 11) is 0. The Morgan fingerprint density at radius 1 is 0.882 bits per heavy atom. The number of hydrogen-bond acceptors (Lipinski definition) is 4. The smallest absolute Gasteiger partial charge is 0.381 e. The van der Waals surface area contributed by atoms with Gasteiger partial charge < -0.3 is 9.47 Å². The maximum Gasteiger partial charge on any atom is 0.381 e. The summed E-state index contributed by atoms with van der Waals surface area (Å²) in [5.74, 6) is 0. The standard InChI is InChI=1S/C10H8Cl2IO2S2/c11-5-14-9-3-1-7(16-9)13-8-2-4-10(17-8)15-6-12/h1-4H,5-6H2/q+1. The number of hydrogen-bond donors (Lipinski definition) is 0. The first-order valence-corrected chi connectivity index (χ1v) is 9.40. The molecule has 0 unspecified atom stereocenters. The van der Waals surface area contributed by atoms with Gasteiger partial charge >= 0.3 is 21.2 Å². The van der Waals surface area contributed by atoms with E-state index in [0.29, 0.717) is 0 Å². The molecule has 0 spiro atoms. The molecule has 0 saturated heterocycles. The van der Waals surface area contributed by atoms with Crippen LogP contribution in [0, 0.1) is 5.77 Å². The topological polar surface area (TPSA) is 18.5 Å². The summed E-state index contributed by atoms with van der Waals surface area (Å²) in [5.41, 5.74) is 0. The SMILES string of the molecule is ClCOc1ccc([I+]c2ccc(OCCl)s2)s1. The minimum Gasteiger partial charge on any atom is -0.468 e. The molecule has 7 heteroatoms. The van der Waals surface area contributed by atoms with E-state index in [1.54, 1.807) is 22.7 Å². The average molecular weight is 422 g/mol.